The molecule has 1 amide bonds. The zero-order valence-electron chi connectivity index (χ0n) is 25.4. The smallest absolute Gasteiger partial charge is 0.250 e. The molecule has 0 bridgehead atoms. The standard InChI is InChI=1S/C32H39N3O7S2/c1-34(32(36)16-8-24-5-11-28(12-6-24)43(4,37)38)27-9-13-29(14-10-27)44(39,40)33-26-18-21-35(22-19-26)20-17-25-7-15-30(41-2)31(23-25)42-3/h5-16,23,26,33H,17-22H2,1-4H3. The van der Waals surface area contributed by atoms with Gasteiger partial charge < -0.3 is 19.3 Å². The zero-order valence-corrected chi connectivity index (χ0v) is 27.0. The molecule has 3 aromatic rings. The molecule has 0 aliphatic carbocycles. The van der Waals surface area contributed by atoms with Gasteiger partial charge >= 0.3 is 0 Å². The molecule has 1 fully saturated rings. The topological polar surface area (TPSA) is 122 Å². The molecular weight excluding hydrogens is 603 g/mol. The Hall–Kier alpha value is -3.71. The number of methoxy groups -OCH3 is 2. The lowest BCUT2D eigenvalue weighted by Crippen LogP contribution is -2.45. The van der Waals surface area contributed by atoms with Crippen LogP contribution in [0.15, 0.2) is 82.6 Å². The molecule has 0 atom stereocenters. The first-order valence-electron chi connectivity index (χ1n) is 14.2. The molecule has 12 heteroatoms. The van der Waals surface area contributed by atoms with Gasteiger partial charge in [-0.15, -0.1) is 0 Å². The van der Waals surface area contributed by atoms with Gasteiger partial charge in [-0.3, -0.25) is 4.79 Å². The van der Waals surface area contributed by atoms with Gasteiger partial charge in [0.1, 0.15) is 0 Å². The van der Waals surface area contributed by atoms with Crippen molar-refractivity contribution in [1.29, 1.82) is 0 Å². The maximum Gasteiger partial charge on any atom is 0.250 e. The fourth-order valence-corrected chi connectivity index (χ4v) is 6.90. The van der Waals surface area contributed by atoms with Gasteiger partial charge in [-0.25, -0.2) is 21.6 Å². The molecule has 0 saturated carbocycles. The lowest BCUT2D eigenvalue weighted by molar-refractivity contribution is -0.113. The van der Waals surface area contributed by atoms with Crippen LogP contribution >= 0.6 is 0 Å². The molecule has 0 radical (unpaired) electrons. The molecule has 236 valence electrons. The summed E-state index contributed by atoms with van der Waals surface area (Å²) in [6.07, 6.45) is 6.39. The predicted octanol–water partition coefficient (Wildman–Crippen LogP) is 3.77. The molecule has 0 unspecified atom stereocenters. The van der Waals surface area contributed by atoms with Crippen molar-refractivity contribution >= 4 is 37.5 Å². The van der Waals surface area contributed by atoms with E-state index < -0.39 is 19.9 Å². The highest BCUT2D eigenvalue weighted by Crippen LogP contribution is 2.28. The number of benzene rings is 3. The van der Waals surface area contributed by atoms with Crippen molar-refractivity contribution in [3.63, 3.8) is 0 Å². The van der Waals surface area contributed by atoms with E-state index in [-0.39, 0.29) is 21.7 Å². The summed E-state index contributed by atoms with van der Waals surface area (Å²) in [7, 11) is -2.19. The van der Waals surface area contributed by atoms with Crippen molar-refractivity contribution in [1.82, 2.24) is 9.62 Å². The third kappa shape index (κ3) is 8.69. The van der Waals surface area contributed by atoms with Gasteiger partial charge in [0.15, 0.2) is 21.3 Å². The van der Waals surface area contributed by atoms with Crippen LogP contribution in [0.2, 0.25) is 0 Å². The minimum Gasteiger partial charge on any atom is -0.493 e. The monoisotopic (exact) mass is 641 g/mol. The number of anilines is 1. The molecular formula is C32H39N3O7S2. The number of piperidine rings is 1. The summed E-state index contributed by atoms with van der Waals surface area (Å²) in [6.45, 7) is 2.46. The van der Waals surface area contributed by atoms with Crippen molar-refractivity contribution < 1.29 is 31.1 Å². The number of likely N-dealkylation sites (N-methyl/N-ethyl adjacent to an activating group) is 1. The van der Waals surface area contributed by atoms with E-state index in [1.807, 2.05) is 18.2 Å². The third-order valence-corrected chi connectivity index (χ3v) is 10.3. The summed E-state index contributed by atoms with van der Waals surface area (Å²) in [4.78, 5) is 16.8. The van der Waals surface area contributed by atoms with Crippen molar-refractivity contribution in [3.8, 4) is 11.5 Å². The minimum absolute atomic E-state index is 0.138. The first-order chi connectivity index (χ1) is 20.9. The maximum absolute atomic E-state index is 13.1. The van der Waals surface area contributed by atoms with Crippen LogP contribution in [-0.2, 0) is 31.1 Å². The Kier molecular flexibility index (Phi) is 10.8. The molecule has 1 heterocycles. The molecule has 44 heavy (non-hydrogen) atoms. The van der Waals surface area contributed by atoms with Crippen LogP contribution in [0.3, 0.4) is 0 Å². The number of ether oxygens (including phenoxy) is 2. The van der Waals surface area contributed by atoms with Crippen molar-refractivity contribution in [2.75, 3.05) is 52.1 Å². The highest BCUT2D eigenvalue weighted by molar-refractivity contribution is 7.90. The molecule has 1 aliphatic heterocycles. The number of hydrogen-bond donors (Lipinski definition) is 1. The predicted molar refractivity (Wildman–Crippen MR) is 171 cm³/mol. The first-order valence-corrected chi connectivity index (χ1v) is 17.6. The highest BCUT2D eigenvalue weighted by atomic mass is 32.2. The maximum atomic E-state index is 13.1. The van der Waals surface area contributed by atoms with E-state index in [4.69, 9.17) is 9.47 Å². The summed E-state index contributed by atoms with van der Waals surface area (Å²) in [5, 5.41) is 0. The zero-order chi connectivity index (χ0) is 31.9. The summed E-state index contributed by atoms with van der Waals surface area (Å²) in [6, 6.07) is 18.2. The number of sulfone groups is 1. The second-order valence-electron chi connectivity index (χ2n) is 10.7. The Morgan fingerprint density at radius 3 is 2.11 bits per heavy atom. The number of sulfonamides is 1. The molecule has 10 nitrogen and oxygen atoms in total. The van der Waals surface area contributed by atoms with Crippen molar-refractivity contribution in [3.05, 3.63) is 83.9 Å². The van der Waals surface area contributed by atoms with Crippen LogP contribution in [-0.4, -0.2) is 80.8 Å². The van der Waals surface area contributed by atoms with Crippen LogP contribution in [0.25, 0.3) is 6.08 Å². The van der Waals surface area contributed by atoms with Crippen LogP contribution < -0.4 is 19.1 Å². The molecule has 1 saturated heterocycles. The van der Waals surface area contributed by atoms with E-state index in [2.05, 4.69) is 9.62 Å². The second kappa shape index (κ2) is 14.4. The van der Waals surface area contributed by atoms with E-state index in [1.165, 1.54) is 35.2 Å². The highest BCUT2D eigenvalue weighted by Gasteiger charge is 2.25. The molecule has 0 spiro atoms. The lowest BCUT2D eigenvalue weighted by Gasteiger charge is -2.32. The Morgan fingerprint density at radius 2 is 1.52 bits per heavy atom. The van der Waals surface area contributed by atoms with Crippen molar-refractivity contribution in [2.45, 2.75) is 35.1 Å². The number of hydrogen-bond acceptors (Lipinski definition) is 8. The van der Waals surface area contributed by atoms with E-state index >= 15 is 0 Å². The van der Waals surface area contributed by atoms with E-state index in [0.29, 0.717) is 35.6 Å². The second-order valence-corrected chi connectivity index (χ2v) is 14.5. The fourth-order valence-electron chi connectivity index (χ4n) is 4.97. The van der Waals surface area contributed by atoms with E-state index in [0.717, 1.165) is 37.9 Å². The van der Waals surface area contributed by atoms with Crippen LogP contribution in [0.5, 0.6) is 11.5 Å². The summed E-state index contributed by atoms with van der Waals surface area (Å²) in [5.74, 6) is 1.09. The Bertz CT molecular complexity index is 1680. The van der Waals surface area contributed by atoms with Crippen LogP contribution in [0.4, 0.5) is 5.69 Å². The number of rotatable bonds is 12. The van der Waals surface area contributed by atoms with Crippen LogP contribution in [0, 0.1) is 0 Å². The number of carbonyl (C=O) groups excluding carboxylic acids is 1. The van der Waals surface area contributed by atoms with Gasteiger partial charge in [-0.1, -0.05) is 18.2 Å². The fraction of sp³-hybridized carbons (Fsp3) is 0.344. The third-order valence-electron chi connectivity index (χ3n) is 7.67. The Morgan fingerprint density at radius 1 is 0.909 bits per heavy atom. The summed E-state index contributed by atoms with van der Waals surface area (Å²) >= 11 is 0. The van der Waals surface area contributed by atoms with E-state index in [9.17, 15) is 21.6 Å². The van der Waals surface area contributed by atoms with Gasteiger partial charge in [0.25, 0.3) is 5.91 Å². The van der Waals surface area contributed by atoms with Gasteiger partial charge in [0, 0.05) is 37.7 Å². The largest absolute Gasteiger partial charge is 0.493 e. The SMILES string of the molecule is COc1ccc(CCN2CCC(NS(=O)(=O)c3ccc(N(C)C(=O)C=Cc4ccc(S(C)(=O)=O)cc4)cc3)CC2)cc1OC. The number of amides is 1. The number of nitrogens with one attached hydrogen (secondary N) is 1. The van der Waals surface area contributed by atoms with Crippen molar-refractivity contribution in [2.24, 2.45) is 0 Å². The average Bonchev–Trinajstić information content (AvgIpc) is 3.02. The summed E-state index contributed by atoms with van der Waals surface area (Å²) < 4.78 is 63.0. The number of carbonyl (C=O) groups is 1. The van der Waals surface area contributed by atoms with Gasteiger partial charge in [0.2, 0.25) is 10.0 Å². The molecule has 1 aliphatic rings. The van der Waals surface area contributed by atoms with Gasteiger partial charge in [0.05, 0.1) is 24.0 Å². The normalized spacial score (nSPS) is 14.9. The van der Waals surface area contributed by atoms with Crippen LogP contribution in [0.1, 0.15) is 24.0 Å². The lowest BCUT2D eigenvalue weighted by atomic mass is 10.0. The van der Waals surface area contributed by atoms with Gasteiger partial charge in [-0.05, 0) is 98.1 Å². The van der Waals surface area contributed by atoms with Gasteiger partial charge in [-0.2, -0.15) is 0 Å². The minimum atomic E-state index is -3.72. The molecule has 0 aromatic heterocycles. The Labute approximate surface area is 260 Å². The molecule has 3 aromatic carbocycles. The molecule has 4 rings (SSSR count). The summed E-state index contributed by atoms with van der Waals surface area (Å²) in [5.41, 5.74) is 2.36. The quantitative estimate of drug-likeness (QED) is 0.297. The molecule has 1 N–H and O–H groups in total. The average molecular weight is 642 g/mol. The van der Waals surface area contributed by atoms with E-state index in [1.54, 1.807) is 51.6 Å². The Balaban J connectivity index is 1.27. The number of likely N-dealkylation sites (tertiary alicyclic amines) is 1. The first kappa shape index (κ1) is 33.2. The number of nitrogens with zero attached hydrogens (tertiary/aromatic N) is 2.